The van der Waals surface area contributed by atoms with E-state index in [0.29, 0.717) is 0 Å². The fourth-order valence-corrected chi connectivity index (χ4v) is 0.405. The van der Waals surface area contributed by atoms with E-state index in [1.807, 2.05) is 27.7 Å². The third kappa shape index (κ3) is 9.43. The number of carbonyl (C=O) groups is 1. The Hall–Kier alpha value is -0.570. The second-order valence-corrected chi connectivity index (χ2v) is 2.34. The minimum absolute atomic E-state index is 0.104. The van der Waals surface area contributed by atoms with Crippen LogP contribution in [0.25, 0.3) is 0 Å². The summed E-state index contributed by atoms with van der Waals surface area (Å²) in [5.74, 6) is -0.315. The summed E-state index contributed by atoms with van der Waals surface area (Å²) in [6.45, 7) is 9.14. The third-order valence-corrected chi connectivity index (χ3v) is 0.810. The van der Waals surface area contributed by atoms with Crippen LogP contribution in [0.2, 0.25) is 0 Å². The van der Waals surface area contributed by atoms with Crippen LogP contribution in [0.15, 0.2) is 0 Å². The van der Waals surface area contributed by atoms with Crippen molar-refractivity contribution in [3.8, 4) is 0 Å². The van der Waals surface area contributed by atoms with E-state index in [9.17, 15) is 4.79 Å². The molecule has 0 rings (SSSR count). The Bertz CT molecular complexity index is 100. The van der Waals surface area contributed by atoms with Crippen LogP contribution in [0.4, 0.5) is 0 Å². The molecule has 0 aliphatic carbocycles. The molecule has 0 saturated heterocycles. The van der Waals surface area contributed by atoms with Crippen molar-refractivity contribution in [2.45, 2.75) is 46.8 Å². The number of aliphatic hydroxyl groups excluding tert-OH is 1. The smallest absolute Gasteiger partial charge is 0.248 e. The van der Waals surface area contributed by atoms with Gasteiger partial charge < -0.3 is 10.4 Å². The van der Waals surface area contributed by atoms with Gasteiger partial charge >= 0.3 is 0 Å². The molecule has 68 valence electrons. The molecule has 1 amide bonds. The normalized spacial score (nSPS) is 11.5. The molecule has 0 aromatic carbocycles. The molecule has 1 unspecified atom stereocenters. The summed E-state index contributed by atoms with van der Waals surface area (Å²) >= 11 is 0. The van der Waals surface area contributed by atoms with Crippen molar-refractivity contribution in [3.63, 3.8) is 0 Å². The highest BCUT2D eigenvalue weighted by Gasteiger charge is 2.07. The molecular formula is C8H19NO2. The zero-order valence-electron chi connectivity index (χ0n) is 8.01. The molecule has 2 N–H and O–H groups in total. The van der Waals surface area contributed by atoms with Crippen molar-refractivity contribution < 1.29 is 9.90 Å². The third-order valence-electron chi connectivity index (χ3n) is 0.810. The van der Waals surface area contributed by atoms with Gasteiger partial charge in [-0.1, -0.05) is 13.8 Å². The molecule has 0 aliphatic heterocycles. The van der Waals surface area contributed by atoms with Gasteiger partial charge in [-0.3, -0.25) is 4.79 Å². The van der Waals surface area contributed by atoms with Crippen molar-refractivity contribution in [1.29, 1.82) is 0 Å². The second kappa shape index (κ2) is 7.54. The van der Waals surface area contributed by atoms with Crippen molar-refractivity contribution in [2.75, 3.05) is 0 Å². The Morgan fingerprint density at radius 1 is 1.27 bits per heavy atom. The van der Waals surface area contributed by atoms with Crippen LogP contribution in [0.3, 0.4) is 0 Å². The monoisotopic (exact) mass is 161 g/mol. The zero-order valence-corrected chi connectivity index (χ0v) is 8.01. The van der Waals surface area contributed by atoms with Gasteiger partial charge in [-0.25, -0.2) is 0 Å². The molecule has 0 radical (unpaired) electrons. The number of aliphatic hydroxyl groups is 1. The average molecular weight is 161 g/mol. The number of nitrogens with one attached hydrogen (secondary N) is 1. The maximum absolute atomic E-state index is 10.6. The zero-order chi connectivity index (χ0) is 9.44. The lowest BCUT2D eigenvalue weighted by Gasteiger charge is -2.08. The minimum atomic E-state index is -0.896. The Kier molecular flexibility index (Phi) is 8.94. The summed E-state index contributed by atoms with van der Waals surface area (Å²) in [6, 6.07) is 0.104. The Balaban J connectivity index is 0. The highest BCUT2D eigenvalue weighted by atomic mass is 16.3. The van der Waals surface area contributed by atoms with Gasteiger partial charge in [-0.05, 0) is 20.8 Å². The molecule has 0 heterocycles. The molecular weight excluding hydrogens is 142 g/mol. The highest BCUT2D eigenvalue weighted by Crippen LogP contribution is 1.82. The molecule has 3 heteroatoms. The molecule has 1 atom stereocenters. The average Bonchev–Trinajstić information content (AvgIpc) is 1.90. The standard InChI is InChI=1S/C6H13NO2.C2H6/c1-4(2)7-6(9)5(3)8;1-2/h4-5,8H,1-3H3,(H,7,9);1-2H3. The number of amides is 1. The predicted molar refractivity (Wildman–Crippen MR) is 46.3 cm³/mol. The number of carbonyl (C=O) groups excluding carboxylic acids is 1. The number of rotatable bonds is 2. The van der Waals surface area contributed by atoms with Crippen LogP contribution < -0.4 is 5.32 Å². The molecule has 0 spiro atoms. The molecule has 0 aliphatic rings. The van der Waals surface area contributed by atoms with E-state index < -0.39 is 6.10 Å². The van der Waals surface area contributed by atoms with Crippen LogP contribution in [-0.4, -0.2) is 23.2 Å². The summed E-state index contributed by atoms with van der Waals surface area (Å²) in [6.07, 6.45) is -0.896. The summed E-state index contributed by atoms with van der Waals surface area (Å²) in [4.78, 5) is 10.6. The van der Waals surface area contributed by atoms with Gasteiger partial charge in [0.25, 0.3) is 0 Å². The minimum Gasteiger partial charge on any atom is -0.384 e. The van der Waals surface area contributed by atoms with Crippen molar-refractivity contribution in [1.82, 2.24) is 5.32 Å². The van der Waals surface area contributed by atoms with Gasteiger partial charge in [0, 0.05) is 6.04 Å². The topological polar surface area (TPSA) is 49.3 Å². The van der Waals surface area contributed by atoms with Gasteiger partial charge in [0.1, 0.15) is 6.10 Å². The van der Waals surface area contributed by atoms with E-state index in [4.69, 9.17) is 5.11 Å². The highest BCUT2D eigenvalue weighted by molar-refractivity contribution is 5.80. The van der Waals surface area contributed by atoms with Gasteiger partial charge in [-0.2, -0.15) is 0 Å². The van der Waals surface area contributed by atoms with Crippen LogP contribution in [0, 0.1) is 0 Å². The van der Waals surface area contributed by atoms with E-state index in [1.165, 1.54) is 6.92 Å². The van der Waals surface area contributed by atoms with E-state index in [1.54, 1.807) is 0 Å². The molecule has 3 nitrogen and oxygen atoms in total. The maximum Gasteiger partial charge on any atom is 0.248 e. The van der Waals surface area contributed by atoms with Gasteiger partial charge in [0.2, 0.25) is 5.91 Å². The largest absolute Gasteiger partial charge is 0.384 e. The first-order valence-corrected chi connectivity index (χ1v) is 4.02. The second-order valence-electron chi connectivity index (χ2n) is 2.34. The van der Waals surface area contributed by atoms with E-state index in [2.05, 4.69) is 5.32 Å². The van der Waals surface area contributed by atoms with Crippen LogP contribution >= 0.6 is 0 Å². The van der Waals surface area contributed by atoms with Crippen molar-refractivity contribution >= 4 is 5.91 Å². The van der Waals surface area contributed by atoms with Crippen LogP contribution in [0.5, 0.6) is 0 Å². The SMILES string of the molecule is CC.CC(C)NC(=O)C(C)O. The van der Waals surface area contributed by atoms with E-state index >= 15 is 0 Å². The molecule has 0 saturated carbocycles. The van der Waals surface area contributed by atoms with Gasteiger partial charge in [0.05, 0.1) is 0 Å². The predicted octanol–water partition coefficient (Wildman–Crippen LogP) is 0.918. The maximum atomic E-state index is 10.6. The van der Waals surface area contributed by atoms with Gasteiger partial charge in [0.15, 0.2) is 0 Å². The molecule has 11 heavy (non-hydrogen) atoms. The van der Waals surface area contributed by atoms with Crippen LogP contribution in [-0.2, 0) is 4.79 Å². The first-order chi connectivity index (χ1) is 5.04. The summed E-state index contributed by atoms with van der Waals surface area (Å²) in [5, 5.41) is 11.2. The lowest BCUT2D eigenvalue weighted by Crippen LogP contribution is -2.37. The Morgan fingerprint density at radius 2 is 1.64 bits per heavy atom. The molecule has 0 aromatic heterocycles. The lowest BCUT2D eigenvalue weighted by atomic mass is 10.3. The van der Waals surface area contributed by atoms with Crippen molar-refractivity contribution in [3.05, 3.63) is 0 Å². The lowest BCUT2D eigenvalue weighted by molar-refractivity contribution is -0.128. The van der Waals surface area contributed by atoms with Gasteiger partial charge in [-0.15, -0.1) is 0 Å². The summed E-state index contributed by atoms with van der Waals surface area (Å²) < 4.78 is 0. The first kappa shape index (κ1) is 13.1. The van der Waals surface area contributed by atoms with Crippen molar-refractivity contribution in [2.24, 2.45) is 0 Å². The number of hydrogen-bond acceptors (Lipinski definition) is 2. The quantitative estimate of drug-likeness (QED) is 0.632. The fraction of sp³-hybridized carbons (Fsp3) is 0.875. The molecule has 0 aromatic rings. The van der Waals surface area contributed by atoms with E-state index in [0.717, 1.165) is 0 Å². The van der Waals surface area contributed by atoms with E-state index in [-0.39, 0.29) is 11.9 Å². The fourth-order valence-electron chi connectivity index (χ4n) is 0.405. The number of hydrogen-bond donors (Lipinski definition) is 2. The first-order valence-electron chi connectivity index (χ1n) is 4.02. The Labute approximate surface area is 68.8 Å². The summed E-state index contributed by atoms with van der Waals surface area (Å²) in [5.41, 5.74) is 0. The summed E-state index contributed by atoms with van der Waals surface area (Å²) in [7, 11) is 0. The molecule has 0 fully saturated rings. The van der Waals surface area contributed by atoms with Crippen LogP contribution in [0.1, 0.15) is 34.6 Å². The Morgan fingerprint density at radius 3 is 1.73 bits per heavy atom. The molecule has 0 bridgehead atoms.